The number of amides is 1. The molecule has 1 unspecified atom stereocenters. The Morgan fingerprint density at radius 2 is 1.76 bits per heavy atom. The van der Waals surface area contributed by atoms with E-state index in [0.717, 1.165) is 12.8 Å². The van der Waals surface area contributed by atoms with Gasteiger partial charge in [0.15, 0.2) is 0 Å². The van der Waals surface area contributed by atoms with Crippen LogP contribution in [0, 0.1) is 0 Å². The monoisotopic (exact) mass is 340 g/mol. The summed E-state index contributed by atoms with van der Waals surface area (Å²) in [6.45, 7) is 2.02. The van der Waals surface area contributed by atoms with E-state index in [1.807, 2.05) is 30.3 Å². The number of carbonyl (C=O) groups is 2. The summed E-state index contributed by atoms with van der Waals surface area (Å²) in [5.74, 6) is -0.783. The van der Waals surface area contributed by atoms with Crippen molar-refractivity contribution in [2.24, 2.45) is 0 Å². The summed E-state index contributed by atoms with van der Waals surface area (Å²) in [5, 5.41) is 2.75. The zero-order valence-electron chi connectivity index (χ0n) is 14.4. The largest absolute Gasteiger partial charge is 0.464 e. The van der Waals surface area contributed by atoms with Gasteiger partial charge in [-0.25, -0.2) is 4.79 Å². The highest BCUT2D eigenvalue weighted by molar-refractivity contribution is 6.00. The number of para-hydroxylation sites is 1. The average Bonchev–Trinajstić information content (AvgIpc) is 2.62. The first-order valence-corrected chi connectivity index (χ1v) is 8.47. The molecule has 0 aliphatic rings. The number of carbonyl (C=O) groups excluding carboxylic acids is 2. The minimum atomic E-state index is -0.684. The quantitative estimate of drug-likeness (QED) is 0.572. The number of nitrogens with two attached hydrogens (primary N) is 1. The maximum atomic E-state index is 12.4. The normalized spacial score (nSPS) is 11.6. The number of nitrogens with one attached hydrogen (secondary N) is 1. The minimum absolute atomic E-state index is 0.275. The van der Waals surface area contributed by atoms with Gasteiger partial charge >= 0.3 is 5.97 Å². The zero-order valence-corrected chi connectivity index (χ0v) is 14.4. The van der Waals surface area contributed by atoms with Crippen molar-refractivity contribution in [2.45, 2.75) is 32.2 Å². The first-order chi connectivity index (χ1) is 12.1. The fourth-order valence-corrected chi connectivity index (χ4v) is 2.59. The number of hydrogen-bond acceptors (Lipinski definition) is 4. The van der Waals surface area contributed by atoms with Crippen molar-refractivity contribution in [1.29, 1.82) is 0 Å². The summed E-state index contributed by atoms with van der Waals surface area (Å²) in [6.07, 6.45) is 2.10. The van der Waals surface area contributed by atoms with Crippen molar-refractivity contribution in [2.75, 3.05) is 12.3 Å². The third kappa shape index (κ3) is 5.64. The van der Waals surface area contributed by atoms with Crippen LogP contribution >= 0.6 is 0 Å². The zero-order chi connectivity index (χ0) is 18.1. The second kappa shape index (κ2) is 9.47. The number of esters is 1. The molecule has 3 N–H and O–H groups in total. The second-order valence-electron chi connectivity index (χ2n) is 5.74. The molecule has 0 saturated carbocycles. The number of benzene rings is 2. The molecule has 1 atom stereocenters. The highest BCUT2D eigenvalue weighted by Gasteiger charge is 2.23. The molecule has 0 aliphatic carbocycles. The number of anilines is 1. The van der Waals surface area contributed by atoms with E-state index in [-0.39, 0.29) is 12.5 Å². The lowest BCUT2D eigenvalue weighted by Gasteiger charge is -2.18. The molecule has 5 heteroatoms. The summed E-state index contributed by atoms with van der Waals surface area (Å²) in [5.41, 5.74) is 7.77. The predicted octanol–water partition coefficient (Wildman–Crippen LogP) is 2.95. The molecule has 0 radical (unpaired) electrons. The standard InChI is InChI=1S/C20H24N2O3/c1-2-25-20(24)18(14-8-11-15-9-4-3-5-10-15)22-19(23)16-12-6-7-13-17(16)21/h3-7,9-10,12-13,18H,2,8,11,14,21H2,1H3,(H,22,23). The van der Waals surface area contributed by atoms with Gasteiger partial charge in [-0.2, -0.15) is 0 Å². The van der Waals surface area contributed by atoms with Gasteiger partial charge in [0.25, 0.3) is 5.91 Å². The Labute approximate surface area is 148 Å². The summed E-state index contributed by atoms with van der Waals surface area (Å²) in [4.78, 5) is 24.6. The van der Waals surface area contributed by atoms with Crippen LogP contribution in [0.1, 0.15) is 35.7 Å². The van der Waals surface area contributed by atoms with E-state index in [1.165, 1.54) is 5.56 Å². The van der Waals surface area contributed by atoms with Gasteiger partial charge in [0.2, 0.25) is 0 Å². The van der Waals surface area contributed by atoms with Crippen molar-refractivity contribution in [3.63, 3.8) is 0 Å². The number of nitrogen functional groups attached to an aromatic ring is 1. The molecule has 0 bridgehead atoms. The third-order valence-corrected chi connectivity index (χ3v) is 3.88. The fraction of sp³-hybridized carbons (Fsp3) is 0.300. The highest BCUT2D eigenvalue weighted by atomic mass is 16.5. The smallest absolute Gasteiger partial charge is 0.328 e. The van der Waals surface area contributed by atoms with Crippen molar-refractivity contribution >= 4 is 17.6 Å². The predicted molar refractivity (Wildman–Crippen MR) is 98.1 cm³/mol. The molecule has 2 aromatic carbocycles. The lowest BCUT2D eigenvalue weighted by molar-refractivity contribution is -0.145. The van der Waals surface area contributed by atoms with Gasteiger partial charge < -0.3 is 15.8 Å². The Bertz CT molecular complexity index is 701. The molecule has 5 nitrogen and oxygen atoms in total. The van der Waals surface area contributed by atoms with Gasteiger partial charge in [0.05, 0.1) is 12.2 Å². The Morgan fingerprint density at radius 3 is 2.44 bits per heavy atom. The summed E-state index contributed by atoms with van der Waals surface area (Å²) in [7, 11) is 0. The first-order valence-electron chi connectivity index (χ1n) is 8.47. The van der Waals surface area contributed by atoms with Crippen molar-refractivity contribution < 1.29 is 14.3 Å². The van der Waals surface area contributed by atoms with E-state index >= 15 is 0 Å². The number of ether oxygens (including phenoxy) is 1. The molecule has 0 fully saturated rings. The number of rotatable bonds is 8. The molecule has 0 spiro atoms. The number of aryl methyl sites for hydroxylation is 1. The minimum Gasteiger partial charge on any atom is -0.464 e. The molecule has 2 rings (SSSR count). The van der Waals surface area contributed by atoms with E-state index in [2.05, 4.69) is 5.32 Å². The van der Waals surface area contributed by atoms with Gasteiger partial charge in [-0.3, -0.25) is 4.79 Å². The van der Waals surface area contributed by atoms with Gasteiger partial charge in [-0.05, 0) is 43.9 Å². The number of hydrogen-bond donors (Lipinski definition) is 2. The Morgan fingerprint density at radius 1 is 1.08 bits per heavy atom. The van der Waals surface area contributed by atoms with Crippen LogP contribution in [0.5, 0.6) is 0 Å². The molecule has 1 amide bonds. The molecule has 2 aromatic rings. The summed E-state index contributed by atoms with van der Waals surface area (Å²) in [6, 6.07) is 16.1. The topological polar surface area (TPSA) is 81.4 Å². The van der Waals surface area contributed by atoms with Gasteiger partial charge in [-0.1, -0.05) is 42.5 Å². The molecule has 25 heavy (non-hydrogen) atoms. The Balaban J connectivity index is 1.99. The van der Waals surface area contributed by atoms with E-state index < -0.39 is 12.0 Å². The SMILES string of the molecule is CCOC(=O)C(CCCc1ccccc1)NC(=O)c1ccccc1N. The highest BCUT2D eigenvalue weighted by Crippen LogP contribution is 2.12. The van der Waals surface area contributed by atoms with Crippen LogP contribution in [0.3, 0.4) is 0 Å². The van der Waals surface area contributed by atoms with Gasteiger partial charge in [0, 0.05) is 5.69 Å². The molecule has 0 aromatic heterocycles. The average molecular weight is 340 g/mol. The molecule has 0 saturated heterocycles. The Kier molecular flexibility index (Phi) is 7.01. The van der Waals surface area contributed by atoms with Crippen LogP contribution in [0.4, 0.5) is 5.69 Å². The second-order valence-corrected chi connectivity index (χ2v) is 5.74. The van der Waals surface area contributed by atoms with Crippen LogP contribution in [-0.4, -0.2) is 24.5 Å². The molecular formula is C20H24N2O3. The van der Waals surface area contributed by atoms with E-state index in [1.54, 1.807) is 31.2 Å². The lowest BCUT2D eigenvalue weighted by Crippen LogP contribution is -2.42. The van der Waals surface area contributed by atoms with Crippen molar-refractivity contribution in [3.05, 3.63) is 65.7 Å². The Hall–Kier alpha value is -2.82. The van der Waals surface area contributed by atoms with E-state index in [0.29, 0.717) is 17.7 Å². The van der Waals surface area contributed by atoms with Crippen LogP contribution in [0.15, 0.2) is 54.6 Å². The molecule has 132 valence electrons. The maximum absolute atomic E-state index is 12.4. The van der Waals surface area contributed by atoms with E-state index in [9.17, 15) is 9.59 Å². The van der Waals surface area contributed by atoms with Crippen LogP contribution in [0.2, 0.25) is 0 Å². The van der Waals surface area contributed by atoms with Crippen LogP contribution in [-0.2, 0) is 16.0 Å². The van der Waals surface area contributed by atoms with Crippen LogP contribution < -0.4 is 11.1 Å². The molecule has 0 heterocycles. The first kappa shape index (κ1) is 18.5. The molecular weight excluding hydrogens is 316 g/mol. The van der Waals surface area contributed by atoms with Gasteiger partial charge in [0.1, 0.15) is 6.04 Å². The van der Waals surface area contributed by atoms with Crippen molar-refractivity contribution in [1.82, 2.24) is 5.32 Å². The third-order valence-electron chi connectivity index (χ3n) is 3.88. The molecule has 0 aliphatic heterocycles. The summed E-state index contributed by atoms with van der Waals surface area (Å²) < 4.78 is 5.09. The van der Waals surface area contributed by atoms with Gasteiger partial charge in [-0.15, -0.1) is 0 Å². The lowest BCUT2D eigenvalue weighted by atomic mass is 10.0. The van der Waals surface area contributed by atoms with Crippen molar-refractivity contribution in [3.8, 4) is 0 Å². The van der Waals surface area contributed by atoms with E-state index in [4.69, 9.17) is 10.5 Å². The maximum Gasteiger partial charge on any atom is 0.328 e. The van der Waals surface area contributed by atoms with Crippen LogP contribution in [0.25, 0.3) is 0 Å². The summed E-state index contributed by atoms with van der Waals surface area (Å²) >= 11 is 0. The fourth-order valence-electron chi connectivity index (χ4n) is 2.59.